The summed E-state index contributed by atoms with van der Waals surface area (Å²) in [5, 5.41) is 8.09. The van der Waals surface area contributed by atoms with Crippen LogP contribution in [0.2, 0.25) is 0 Å². The quantitative estimate of drug-likeness (QED) is 0.714. The first-order chi connectivity index (χ1) is 9.29. The lowest BCUT2D eigenvalue weighted by Gasteiger charge is -2.16. The Labute approximate surface area is 125 Å². The molecule has 1 nitrogen and oxygen atoms in total. The molecule has 1 N–H and O–H groups in total. The Bertz CT molecular complexity index is 705. The standard InChI is InChI=1S/C16H14BrNS/c1-18-15(16-14(17)8-9-19-16)13-7-6-11-4-2-3-5-12(11)10-13/h2-10,15,18H,1H3. The van der Waals surface area contributed by atoms with E-state index in [0.29, 0.717) is 0 Å². The van der Waals surface area contributed by atoms with Crippen LogP contribution >= 0.6 is 27.3 Å². The number of halogens is 1. The van der Waals surface area contributed by atoms with Gasteiger partial charge >= 0.3 is 0 Å². The summed E-state index contributed by atoms with van der Waals surface area (Å²) in [6.45, 7) is 0. The molecule has 3 heteroatoms. The van der Waals surface area contributed by atoms with Crippen LogP contribution in [0.3, 0.4) is 0 Å². The van der Waals surface area contributed by atoms with Gasteiger partial charge in [-0.2, -0.15) is 0 Å². The van der Waals surface area contributed by atoms with Gasteiger partial charge < -0.3 is 5.32 Å². The summed E-state index contributed by atoms with van der Waals surface area (Å²) in [4.78, 5) is 1.32. The molecule has 19 heavy (non-hydrogen) atoms. The predicted molar refractivity (Wildman–Crippen MR) is 86.9 cm³/mol. The molecule has 0 radical (unpaired) electrons. The highest BCUT2D eigenvalue weighted by molar-refractivity contribution is 9.10. The second-order valence-electron chi connectivity index (χ2n) is 4.46. The summed E-state index contributed by atoms with van der Waals surface area (Å²) in [5.41, 5.74) is 1.30. The van der Waals surface area contributed by atoms with Gasteiger partial charge in [0.1, 0.15) is 0 Å². The van der Waals surface area contributed by atoms with Crippen LogP contribution in [0.25, 0.3) is 10.8 Å². The van der Waals surface area contributed by atoms with Crippen LogP contribution in [-0.4, -0.2) is 7.05 Å². The minimum Gasteiger partial charge on any atom is -0.309 e. The number of hydrogen-bond donors (Lipinski definition) is 1. The first-order valence-corrected chi connectivity index (χ1v) is 7.85. The highest BCUT2D eigenvalue weighted by atomic mass is 79.9. The molecule has 3 rings (SSSR count). The number of benzene rings is 2. The first-order valence-electron chi connectivity index (χ1n) is 6.18. The van der Waals surface area contributed by atoms with Gasteiger partial charge in [-0.25, -0.2) is 0 Å². The van der Waals surface area contributed by atoms with Crippen LogP contribution in [0.5, 0.6) is 0 Å². The van der Waals surface area contributed by atoms with Gasteiger partial charge in [-0.1, -0.05) is 36.4 Å². The van der Waals surface area contributed by atoms with Gasteiger partial charge in [0, 0.05) is 9.35 Å². The van der Waals surface area contributed by atoms with E-state index in [1.54, 1.807) is 11.3 Å². The van der Waals surface area contributed by atoms with Crippen LogP contribution in [0.4, 0.5) is 0 Å². The van der Waals surface area contributed by atoms with E-state index in [-0.39, 0.29) is 6.04 Å². The zero-order valence-corrected chi connectivity index (χ0v) is 13.0. The fourth-order valence-corrected chi connectivity index (χ4v) is 4.09. The van der Waals surface area contributed by atoms with Crippen LogP contribution in [0.1, 0.15) is 16.5 Å². The molecular formula is C16H14BrNS. The Balaban J connectivity index is 2.09. The highest BCUT2D eigenvalue weighted by Crippen LogP contribution is 2.33. The Morgan fingerprint density at radius 3 is 2.53 bits per heavy atom. The number of rotatable bonds is 3. The van der Waals surface area contributed by atoms with Gasteiger partial charge in [-0.15, -0.1) is 11.3 Å². The molecule has 0 spiro atoms. The number of fused-ring (bicyclic) bond motifs is 1. The van der Waals surface area contributed by atoms with Crippen molar-refractivity contribution < 1.29 is 0 Å². The number of nitrogens with one attached hydrogen (secondary N) is 1. The van der Waals surface area contributed by atoms with Crippen LogP contribution in [0, 0.1) is 0 Å². The molecule has 0 aliphatic heterocycles. The monoisotopic (exact) mass is 331 g/mol. The van der Waals surface area contributed by atoms with Crippen molar-refractivity contribution >= 4 is 38.0 Å². The van der Waals surface area contributed by atoms with E-state index in [1.165, 1.54) is 25.7 Å². The van der Waals surface area contributed by atoms with Gasteiger partial charge in [0.05, 0.1) is 6.04 Å². The van der Waals surface area contributed by atoms with E-state index in [0.717, 1.165) is 0 Å². The van der Waals surface area contributed by atoms with E-state index < -0.39 is 0 Å². The Morgan fingerprint density at radius 2 is 1.84 bits per heavy atom. The topological polar surface area (TPSA) is 12.0 Å². The Morgan fingerprint density at radius 1 is 1.05 bits per heavy atom. The average molecular weight is 332 g/mol. The van der Waals surface area contributed by atoms with Crippen molar-refractivity contribution in [3.63, 3.8) is 0 Å². The van der Waals surface area contributed by atoms with E-state index in [9.17, 15) is 0 Å². The van der Waals surface area contributed by atoms with Crippen LogP contribution < -0.4 is 5.32 Å². The predicted octanol–water partition coefficient (Wildman–Crippen LogP) is 4.97. The minimum atomic E-state index is 0.235. The third-order valence-corrected chi connectivity index (χ3v) is 5.24. The fraction of sp³-hybridized carbons (Fsp3) is 0.125. The van der Waals surface area contributed by atoms with Gasteiger partial charge in [-0.3, -0.25) is 0 Å². The SMILES string of the molecule is CNC(c1ccc2ccccc2c1)c1sccc1Br. The van der Waals surface area contributed by atoms with Crippen LogP contribution in [-0.2, 0) is 0 Å². The van der Waals surface area contributed by atoms with Crippen molar-refractivity contribution in [1.82, 2.24) is 5.32 Å². The van der Waals surface area contributed by atoms with Gasteiger partial charge in [-0.05, 0) is 56.8 Å². The smallest absolute Gasteiger partial charge is 0.0680 e. The largest absolute Gasteiger partial charge is 0.309 e. The number of hydrogen-bond acceptors (Lipinski definition) is 2. The summed E-state index contributed by atoms with van der Waals surface area (Å²) in [6, 6.07) is 17.5. The molecule has 1 heterocycles. The van der Waals surface area contributed by atoms with Crippen molar-refractivity contribution in [2.75, 3.05) is 7.05 Å². The summed E-state index contributed by atoms with van der Waals surface area (Å²) in [7, 11) is 2.01. The van der Waals surface area contributed by atoms with Crippen molar-refractivity contribution in [3.05, 3.63) is 68.8 Å². The summed E-state index contributed by atoms with van der Waals surface area (Å²) >= 11 is 5.40. The minimum absolute atomic E-state index is 0.235. The summed E-state index contributed by atoms with van der Waals surface area (Å²) < 4.78 is 1.17. The molecule has 0 saturated heterocycles. The fourth-order valence-electron chi connectivity index (χ4n) is 2.35. The van der Waals surface area contributed by atoms with Crippen molar-refractivity contribution in [3.8, 4) is 0 Å². The van der Waals surface area contributed by atoms with E-state index in [4.69, 9.17) is 0 Å². The average Bonchev–Trinajstić information content (AvgIpc) is 2.86. The molecule has 0 aliphatic rings. The summed E-state index contributed by atoms with van der Waals surface area (Å²) in [5.74, 6) is 0. The van der Waals surface area contributed by atoms with Gasteiger partial charge in [0.2, 0.25) is 0 Å². The van der Waals surface area contributed by atoms with Crippen molar-refractivity contribution in [2.45, 2.75) is 6.04 Å². The van der Waals surface area contributed by atoms with E-state index in [2.05, 4.69) is 75.2 Å². The lowest BCUT2D eigenvalue weighted by Crippen LogP contribution is -2.16. The molecule has 1 atom stereocenters. The highest BCUT2D eigenvalue weighted by Gasteiger charge is 2.16. The van der Waals surface area contributed by atoms with E-state index in [1.807, 2.05) is 7.05 Å². The maximum absolute atomic E-state index is 3.63. The third kappa shape index (κ3) is 2.46. The third-order valence-electron chi connectivity index (χ3n) is 3.30. The van der Waals surface area contributed by atoms with Crippen molar-refractivity contribution in [1.29, 1.82) is 0 Å². The molecular weight excluding hydrogens is 318 g/mol. The van der Waals surface area contributed by atoms with Gasteiger partial charge in [0.25, 0.3) is 0 Å². The lowest BCUT2D eigenvalue weighted by atomic mass is 10.0. The second-order valence-corrected chi connectivity index (χ2v) is 6.26. The number of thiophene rings is 1. The molecule has 1 aromatic heterocycles. The first kappa shape index (κ1) is 12.9. The van der Waals surface area contributed by atoms with Gasteiger partial charge in [0.15, 0.2) is 0 Å². The van der Waals surface area contributed by atoms with Crippen LogP contribution in [0.15, 0.2) is 58.4 Å². The Hall–Kier alpha value is -1.16. The maximum Gasteiger partial charge on any atom is 0.0680 e. The molecule has 0 bridgehead atoms. The zero-order valence-electron chi connectivity index (χ0n) is 10.6. The van der Waals surface area contributed by atoms with E-state index >= 15 is 0 Å². The summed E-state index contributed by atoms with van der Waals surface area (Å²) in [6.07, 6.45) is 0. The van der Waals surface area contributed by atoms with Crippen molar-refractivity contribution in [2.24, 2.45) is 0 Å². The molecule has 2 aromatic carbocycles. The zero-order chi connectivity index (χ0) is 13.2. The molecule has 96 valence electrons. The maximum atomic E-state index is 3.63. The second kappa shape index (κ2) is 5.45. The molecule has 0 saturated carbocycles. The molecule has 3 aromatic rings. The molecule has 0 fully saturated rings. The molecule has 0 amide bonds. The lowest BCUT2D eigenvalue weighted by molar-refractivity contribution is 0.702. The normalized spacial score (nSPS) is 12.7. The molecule has 0 aliphatic carbocycles. The molecule has 1 unspecified atom stereocenters. The Kier molecular flexibility index (Phi) is 3.69.